The van der Waals surface area contributed by atoms with Crippen LogP contribution in [0.25, 0.3) is 11.0 Å². The SMILES string of the molecule is CC(C)c1cc(C(=O)OCC(=O)N[C@@](C)(C#N)C(C)C)c2cnn(C(C)C)c2n1. The zero-order valence-corrected chi connectivity index (χ0v) is 18.1. The number of pyridine rings is 1. The van der Waals surface area contributed by atoms with Crippen molar-refractivity contribution in [1.29, 1.82) is 5.26 Å². The van der Waals surface area contributed by atoms with Gasteiger partial charge in [-0.2, -0.15) is 10.4 Å². The lowest BCUT2D eigenvalue weighted by molar-refractivity contribution is -0.125. The molecule has 8 nitrogen and oxygen atoms in total. The number of esters is 1. The van der Waals surface area contributed by atoms with Gasteiger partial charge >= 0.3 is 5.97 Å². The quantitative estimate of drug-likeness (QED) is 0.715. The number of ether oxygens (including phenoxy) is 1. The molecule has 0 unspecified atom stereocenters. The molecule has 0 aliphatic rings. The minimum absolute atomic E-state index is 0.0803. The first-order valence-corrected chi connectivity index (χ1v) is 9.77. The van der Waals surface area contributed by atoms with E-state index < -0.39 is 24.0 Å². The van der Waals surface area contributed by atoms with Gasteiger partial charge in [0, 0.05) is 11.7 Å². The molecule has 1 amide bonds. The number of carbonyl (C=O) groups is 2. The monoisotopic (exact) mass is 399 g/mol. The maximum absolute atomic E-state index is 12.8. The second-order valence-electron chi connectivity index (χ2n) is 8.26. The minimum atomic E-state index is -1.03. The van der Waals surface area contributed by atoms with E-state index in [4.69, 9.17) is 4.74 Å². The van der Waals surface area contributed by atoms with Crippen LogP contribution in [0.2, 0.25) is 0 Å². The lowest BCUT2D eigenvalue weighted by Crippen LogP contribution is -2.50. The summed E-state index contributed by atoms with van der Waals surface area (Å²) in [5, 5.41) is 16.9. The molecule has 2 heterocycles. The Labute approximate surface area is 171 Å². The molecule has 0 saturated heterocycles. The maximum atomic E-state index is 12.8. The van der Waals surface area contributed by atoms with Gasteiger partial charge in [-0.3, -0.25) is 4.79 Å². The van der Waals surface area contributed by atoms with Crippen molar-refractivity contribution < 1.29 is 14.3 Å². The van der Waals surface area contributed by atoms with Crippen LogP contribution in [0.5, 0.6) is 0 Å². The molecule has 2 rings (SSSR count). The van der Waals surface area contributed by atoms with Gasteiger partial charge in [-0.05, 0) is 38.7 Å². The number of nitrogens with zero attached hydrogens (tertiary/aromatic N) is 4. The van der Waals surface area contributed by atoms with E-state index in [2.05, 4.69) is 21.5 Å². The summed E-state index contributed by atoms with van der Waals surface area (Å²) in [7, 11) is 0. The summed E-state index contributed by atoms with van der Waals surface area (Å²) in [4.78, 5) is 29.6. The second-order valence-corrected chi connectivity index (χ2v) is 8.26. The van der Waals surface area contributed by atoms with Crippen molar-refractivity contribution in [2.45, 2.75) is 66.0 Å². The molecule has 0 radical (unpaired) electrons. The number of fused-ring (bicyclic) bond motifs is 1. The minimum Gasteiger partial charge on any atom is -0.452 e. The first-order valence-electron chi connectivity index (χ1n) is 9.77. The van der Waals surface area contributed by atoms with Crippen molar-refractivity contribution in [2.75, 3.05) is 6.61 Å². The molecule has 8 heteroatoms. The predicted molar refractivity (Wildman–Crippen MR) is 109 cm³/mol. The van der Waals surface area contributed by atoms with Gasteiger partial charge in [-0.1, -0.05) is 27.7 Å². The van der Waals surface area contributed by atoms with Crippen molar-refractivity contribution in [3.05, 3.63) is 23.5 Å². The van der Waals surface area contributed by atoms with Crippen molar-refractivity contribution in [2.24, 2.45) is 5.92 Å². The third-order valence-electron chi connectivity index (χ3n) is 5.01. The molecule has 0 aromatic carbocycles. The third kappa shape index (κ3) is 4.73. The number of hydrogen-bond acceptors (Lipinski definition) is 6. The number of nitriles is 1. The topological polar surface area (TPSA) is 110 Å². The van der Waals surface area contributed by atoms with Crippen molar-refractivity contribution in [3.8, 4) is 6.07 Å². The summed E-state index contributed by atoms with van der Waals surface area (Å²) >= 11 is 0. The smallest absolute Gasteiger partial charge is 0.339 e. The van der Waals surface area contributed by atoms with E-state index in [1.807, 2.05) is 41.5 Å². The van der Waals surface area contributed by atoms with E-state index in [0.717, 1.165) is 5.69 Å². The Bertz CT molecular complexity index is 955. The molecule has 0 spiro atoms. The Kier molecular flexibility index (Phi) is 6.62. The summed E-state index contributed by atoms with van der Waals surface area (Å²) in [6.07, 6.45) is 1.59. The van der Waals surface area contributed by atoms with Gasteiger partial charge in [0.05, 0.1) is 23.2 Å². The highest BCUT2D eigenvalue weighted by atomic mass is 16.5. The molecule has 0 bridgehead atoms. The van der Waals surface area contributed by atoms with E-state index in [-0.39, 0.29) is 17.9 Å². The number of amides is 1. The van der Waals surface area contributed by atoms with Gasteiger partial charge in [0.15, 0.2) is 12.3 Å². The Morgan fingerprint density at radius 1 is 1.28 bits per heavy atom. The first kappa shape index (κ1) is 22.3. The van der Waals surface area contributed by atoms with Crippen LogP contribution in [0.4, 0.5) is 0 Å². The van der Waals surface area contributed by atoms with Gasteiger partial charge in [0.25, 0.3) is 5.91 Å². The van der Waals surface area contributed by atoms with E-state index >= 15 is 0 Å². The standard InChI is InChI=1S/C21H29N5O3/c1-12(2)17-8-15(16-9-23-26(14(5)6)19(16)24-17)20(28)29-10-18(27)25-21(7,11-22)13(3)4/h8-9,12-14H,10H2,1-7H3,(H,25,27)/t21-/m0/s1. The average Bonchev–Trinajstić information content (AvgIpc) is 3.09. The summed E-state index contributed by atoms with van der Waals surface area (Å²) in [6.45, 7) is 12.8. The molecule has 1 N–H and O–H groups in total. The lowest BCUT2D eigenvalue weighted by Gasteiger charge is -2.27. The molecule has 2 aromatic heterocycles. The summed E-state index contributed by atoms with van der Waals surface area (Å²) in [6, 6.07) is 3.86. The van der Waals surface area contributed by atoms with Gasteiger partial charge < -0.3 is 10.1 Å². The van der Waals surface area contributed by atoms with Gasteiger partial charge in [-0.25, -0.2) is 14.5 Å². The average molecular weight is 399 g/mol. The zero-order chi connectivity index (χ0) is 21.9. The van der Waals surface area contributed by atoms with Gasteiger partial charge in [0.1, 0.15) is 5.54 Å². The predicted octanol–water partition coefficient (Wildman–Crippen LogP) is 3.35. The Balaban J connectivity index is 2.27. The largest absolute Gasteiger partial charge is 0.452 e. The van der Waals surface area contributed by atoms with E-state index in [1.165, 1.54) is 0 Å². The molecule has 1 atom stereocenters. The Hall–Kier alpha value is -2.95. The van der Waals surface area contributed by atoms with Crippen LogP contribution in [0.1, 0.15) is 76.5 Å². The zero-order valence-electron chi connectivity index (χ0n) is 18.1. The highest BCUT2D eigenvalue weighted by Crippen LogP contribution is 2.25. The van der Waals surface area contributed by atoms with Gasteiger partial charge in [0.2, 0.25) is 0 Å². The van der Waals surface area contributed by atoms with Crippen LogP contribution in [0.15, 0.2) is 12.3 Å². The molecular formula is C21H29N5O3. The van der Waals surface area contributed by atoms with E-state index in [9.17, 15) is 14.9 Å². The molecule has 2 aromatic rings. The van der Waals surface area contributed by atoms with Crippen LogP contribution in [-0.4, -0.2) is 38.8 Å². The van der Waals surface area contributed by atoms with E-state index in [0.29, 0.717) is 16.6 Å². The molecule has 0 aliphatic carbocycles. The number of hydrogen-bond donors (Lipinski definition) is 1. The fourth-order valence-corrected chi connectivity index (χ4v) is 2.72. The lowest BCUT2D eigenvalue weighted by atomic mass is 9.90. The molecule has 156 valence electrons. The van der Waals surface area contributed by atoms with Crippen LogP contribution in [0.3, 0.4) is 0 Å². The Morgan fingerprint density at radius 2 is 1.93 bits per heavy atom. The molecule has 29 heavy (non-hydrogen) atoms. The molecule has 0 fully saturated rings. The van der Waals surface area contributed by atoms with Crippen LogP contribution in [-0.2, 0) is 9.53 Å². The third-order valence-corrected chi connectivity index (χ3v) is 5.01. The summed E-state index contributed by atoms with van der Waals surface area (Å²) in [5.41, 5.74) is 0.648. The highest BCUT2D eigenvalue weighted by Gasteiger charge is 2.30. The summed E-state index contributed by atoms with van der Waals surface area (Å²) < 4.78 is 7.00. The van der Waals surface area contributed by atoms with Crippen LogP contribution < -0.4 is 5.32 Å². The first-order chi connectivity index (χ1) is 13.5. The highest BCUT2D eigenvalue weighted by molar-refractivity contribution is 6.03. The fraction of sp³-hybridized carbons (Fsp3) is 0.571. The number of carbonyl (C=O) groups excluding carboxylic acids is 2. The van der Waals surface area contributed by atoms with Crippen LogP contribution >= 0.6 is 0 Å². The van der Waals surface area contributed by atoms with Crippen molar-refractivity contribution in [1.82, 2.24) is 20.1 Å². The number of nitrogens with one attached hydrogen (secondary N) is 1. The number of rotatable bonds is 7. The summed E-state index contributed by atoms with van der Waals surface area (Å²) in [5.74, 6) is -1.14. The van der Waals surface area contributed by atoms with Crippen molar-refractivity contribution >= 4 is 22.9 Å². The van der Waals surface area contributed by atoms with Crippen molar-refractivity contribution in [3.63, 3.8) is 0 Å². The molecule has 0 aliphatic heterocycles. The second kappa shape index (κ2) is 8.60. The Morgan fingerprint density at radius 3 is 2.45 bits per heavy atom. The van der Waals surface area contributed by atoms with E-state index in [1.54, 1.807) is 23.9 Å². The molecular weight excluding hydrogens is 370 g/mol. The molecule has 0 saturated carbocycles. The normalized spacial score (nSPS) is 13.6. The van der Waals surface area contributed by atoms with Gasteiger partial charge in [-0.15, -0.1) is 0 Å². The van der Waals surface area contributed by atoms with Crippen LogP contribution in [0, 0.1) is 17.2 Å². The fourth-order valence-electron chi connectivity index (χ4n) is 2.72. The number of aromatic nitrogens is 3. The maximum Gasteiger partial charge on any atom is 0.339 e.